The van der Waals surface area contributed by atoms with Crippen molar-refractivity contribution in [1.82, 2.24) is 4.90 Å². The van der Waals surface area contributed by atoms with E-state index in [9.17, 15) is 5.11 Å². The highest BCUT2D eigenvalue weighted by Crippen LogP contribution is 2.57. The number of hydrogen-bond donors (Lipinski definition) is 1. The van der Waals surface area contributed by atoms with Gasteiger partial charge in [0, 0.05) is 6.54 Å². The summed E-state index contributed by atoms with van der Waals surface area (Å²) in [6.45, 7) is 3.69. The molecule has 1 heterocycles. The molecule has 3 nitrogen and oxygen atoms in total. The van der Waals surface area contributed by atoms with E-state index in [1.54, 1.807) is 0 Å². The number of β-amino-alcohol motifs (C(OH)–C–C–N with tert-alkyl or cyclic N) is 1. The fourth-order valence-corrected chi connectivity index (χ4v) is 5.97. The van der Waals surface area contributed by atoms with Gasteiger partial charge in [-0.05, 0) is 82.2 Å². The normalized spacial score (nSPS) is 42.1. The molecule has 0 aromatic heterocycles. The fraction of sp³-hybridized carbons (Fsp3) is 1.00. The Kier molecular flexibility index (Phi) is 5.38. The Hall–Kier alpha value is 0.170. The van der Waals surface area contributed by atoms with Crippen molar-refractivity contribution in [3.05, 3.63) is 0 Å². The highest BCUT2D eigenvalue weighted by molar-refractivity contribution is 5.85. The molecule has 5 aliphatic rings. The molecule has 1 N–H and O–H groups in total. The van der Waals surface area contributed by atoms with Gasteiger partial charge in [0.2, 0.25) is 0 Å². The van der Waals surface area contributed by atoms with Crippen LogP contribution in [0.15, 0.2) is 0 Å². The number of hydrogen-bond acceptors (Lipinski definition) is 3. The molecular weight excluding hydrogens is 298 g/mol. The second-order valence-corrected chi connectivity index (χ2v) is 8.43. The molecule has 4 aliphatic carbocycles. The lowest BCUT2D eigenvalue weighted by atomic mass is 9.54. The molecule has 5 fully saturated rings. The second kappa shape index (κ2) is 6.96. The molecule has 0 radical (unpaired) electrons. The summed E-state index contributed by atoms with van der Waals surface area (Å²) in [5.41, 5.74) is 0.150. The zero-order valence-corrected chi connectivity index (χ0v) is 14.5. The third kappa shape index (κ3) is 3.63. The van der Waals surface area contributed by atoms with Gasteiger partial charge in [-0.25, -0.2) is 0 Å². The minimum Gasteiger partial charge on any atom is -0.389 e. The first kappa shape index (κ1) is 17.0. The summed E-state index contributed by atoms with van der Waals surface area (Å²) >= 11 is 0. The van der Waals surface area contributed by atoms with E-state index in [0.29, 0.717) is 6.61 Å². The van der Waals surface area contributed by atoms with Crippen molar-refractivity contribution in [2.75, 3.05) is 26.2 Å². The Labute approximate surface area is 141 Å². The number of rotatable bonds is 5. The first-order valence-electron chi connectivity index (χ1n) is 9.25. The van der Waals surface area contributed by atoms with Crippen molar-refractivity contribution < 1.29 is 9.84 Å². The Morgan fingerprint density at radius 1 is 0.955 bits per heavy atom. The van der Waals surface area contributed by atoms with Crippen molar-refractivity contribution in [2.24, 2.45) is 17.8 Å². The molecule has 1 unspecified atom stereocenters. The predicted octanol–water partition coefficient (Wildman–Crippen LogP) is 3.24. The van der Waals surface area contributed by atoms with Gasteiger partial charge in [-0.15, -0.1) is 12.4 Å². The van der Waals surface area contributed by atoms with Gasteiger partial charge < -0.3 is 14.7 Å². The van der Waals surface area contributed by atoms with Crippen molar-refractivity contribution in [1.29, 1.82) is 0 Å². The van der Waals surface area contributed by atoms with E-state index < -0.39 is 0 Å². The smallest absolute Gasteiger partial charge is 0.0900 e. The molecule has 4 saturated carbocycles. The molecule has 4 bridgehead atoms. The molecule has 0 spiro atoms. The van der Waals surface area contributed by atoms with E-state index in [1.165, 1.54) is 57.8 Å². The SMILES string of the molecule is Cl.OC(COC12CC3CC(CC(C3)C1)C2)CN1CCCCC1. The molecule has 0 aromatic carbocycles. The number of aliphatic hydroxyl groups excluding tert-OH is 1. The van der Waals surface area contributed by atoms with E-state index >= 15 is 0 Å². The molecular formula is C18H32ClNO2. The van der Waals surface area contributed by atoms with E-state index in [1.807, 2.05) is 0 Å². The molecule has 128 valence electrons. The number of halogens is 1. The van der Waals surface area contributed by atoms with Crippen LogP contribution in [0.2, 0.25) is 0 Å². The quantitative estimate of drug-likeness (QED) is 0.840. The summed E-state index contributed by atoms with van der Waals surface area (Å²) in [7, 11) is 0. The zero-order chi connectivity index (χ0) is 14.3. The van der Waals surface area contributed by atoms with Crippen LogP contribution in [-0.4, -0.2) is 48.0 Å². The fourth-order valence-electron chi connectivity index (χ4n) is 5.97. The van der Waals surface area contributed by atoms with Crippen molar-refractivity contribution in [3.63, 3.8) is 0 Å². The third-order valence-electron chi connectivity index (χ3n) is 6.48. The molecule has 0 aromatic rings. The van der Waals surface area contributed by atoms with Crippen LogP contribution in [0.4, 0.5) is 0 Å². The van der Waals surface area contributed by atoms with Crippen molar-refractivity contribution in [2.45, 2.75) is 69.5 Å². The number of piperidine rings is 1. The van der Waals surface area contributed by atoms with E-state index in [0.717, 1.165) is 37.4 Å². The van der Waals surface area contributed by atoms with Crippen LogP contribution in [0, 0.1) is 17.8 Å². The van der Waals surface area contributed by atoms with Crippen molar-refractivity contribution in [3.8, 4) is 0 Å². The van der Waals surface area contributed by atoms with E-state index in [2.05, 4.69) is 4.90 Å². The van der Waals surface area contributed by atoms with Gasteiger partial charge in [0.1, 0.15) is 0 Å². The number of likely N-dealkylation sites (tertiary alicyclic amines) is 1. The Bertz CT molecular complexity index is 335. The highest BCUT2D eigenvalue weighted by atomic mass is 35.5. The maximum atomic E-state index is 10.3. The Morgan fingerprint density at radius 3 is 2.05 bits per heavy atom. The van der Waals surface area contributed by atoms with E-state index in [4.69, 9.17) is 4.74 Å². The van der Waals surface area contributed by atoms with Crippen LogP contribution >= 0.6 is 12.4 Å². The summed E-state index contributed by atoms with van der Waals surface area (Å²) in [5.74, 6) is 2.78. The standard InChI is InChI=1S/C18H31NO2.ClH/c20-17(12-19-4-2-1-3-5-19)13-21-18-9-14-6-15(10-18)8-16(7-14)11-18;/h14-17,20H,1-13H2;1H. The largest absolute Gasteiger partial charge is 0.389 e. The zero-order valence-electron chi connectivity index (χ0n) is 13.7. The van der Waals surface area contributed by atoms with Gasteiger partial charge in [-0.2, -0.15) is 0 Å². The van der Waals surface area contributed by atoms with Gasteiger partial charge >= 0.3 is 0 Å². The first-order chi connectivity index (χ1) is 10.2. The molecule has 0 amide bonds. The van der Waals surface area contributed by atoms with Crippen LogP contribution in [0.5, 0.6) is 0 Å². The van der Waals surface area contributed by atoms with Gasteiger partial charge in [-0.1, -0.05) is 6.42 Å². The topological polar surface area (TPSA) is 32.7 Å². The van der Waals surface area contributed by atoms with Gasteiger partial charge in [0.25, 0.3) is 0 Å². The van der Waals surface area contributed by atoms with Crippen LogP contribution in [0.1, 0.15) is 57.8 Å². The molecule has 1 saturated heterocycles. The second-order valence-electron chi connectivity index (χ2n) is 8.43. The number of nitrogens with zero attached hydrogens (tertiary/aromatic N) is 1. The van der Waals surface area contributed by atoms with Gasteiger partial charge in [0.05, 0.1) is 18.3 Å². The summed E-state index contributed by atoms with van der Waals surface area (Å²) in [6.07, 6.45) is 11.8. The summed E-state index contributed by atoms with van der Waals surface area (Å²) in [6, 6.07) is 0. The molecule has 1 aliphatic heterocycles. The number of ether oxygens (including phenoxy) is 1. The van der Waals surface area contributed by atoms with Crippen molar-refractivity contribution >= 4 is 12.4 Å². The number of aliphatic hydroxyl groups is 1. The minimum absolute atomic E-state index is 0. The van der Waals surface area contributed by atoms with Gasteiger partial charge in [-0.3, -0.25) is 0 Å². The van der Waals surface area contributed by atoms with Crippen LogP contribution < -0.4 is 0 Å². The summed E-state index contributed by atoms with van der Waals surface area (Å²) < 4.78 is 6.37. The highest BCUT2D eigenvalue weighted by Gasteiger charge is 2.51. The lowest BCUT2D eigenvalue weighted by molar-refractivity contribution is -0.176. The Morgan fingerprint density at radius 2 is 1.50 bits per heavy atom. The average molecular weight is 330 g/mol. The monoisotopic (exact) mass is 329 g/mol. The summed E-state index contributed by atoms with van der Waals surface area (Å²) in [4.78, 5) is 2.41. The minimum atomic E-state index is -0.295. The van der Waals surface area contributed by atoms with Gasteiger partial charge in [0.15, 0.2) is 0 Å². The lowest BCUT2D eigenvalue weighted by Crippen LogP contribution is -2.53. The first-order valence-corrected chi connectivity index (χ1v) is 9.25. The average Bonchev–Trinajstić information content (AvgIpc) is 2.45. The van der Waals surface area contributed by atoms with Crippen LogP contribution in [0.3, 0.4) is 0 Å². The molecule has 22 heavy (non-hydrogen) atoms. The maximum Gasteiger partial charge on any atom is 0.0900 e. The van der Waals surface area contributed by atoms with Crippen LogP contribution in [0.25, 0.3) is 0 Å². The third-order valence-corrected chi connectivity index (χ3v) is 6.48. The lowest BCUT2D eigenvalue weighted by Gasteiger charge is -2.56. The maximum absolute atomic E-state index is 10.3. The molecule has 5 rings (SSSR count). The molecule has 4 heteroatoms. The Balaban J connectivity index is 0.00000144. The van der Waals surface area contributed by atoms with E-state index in [-0.39, 0.29) is 24.1 Å². The van der Waals surface area contributed by atoms with Crippen LogP contribution in [-0.2, 0) is 4.74 Å². The summed E-state index contributed by atoms with van der Waals surface area (Å²) in [5, 5.41) is 10.3. The predicted molar refractivity (Wildman–Crippen MR) is 90.4 cm³/mol. The molecule has 1 atom stereocenters.